The highest BCUT2D eigenvalue weighted by Crippen LogP contribution is 2.28. The molecule has 0 aliphatic rings. The molecule has 0 unspecified atom stereocenters. The van der Waals surface area contributed by atoms with Gasteiger partial charge in [-0.2, -0.15) is 0 Å². The Bertz CT molecular complexity index is 604. The van der Waals surface area contributed by atoms with Crippen molar-refractivity contribution in [1.82, 2.24) is 9.97 Å². The fourth-order valence-corrected chi connectivity index (χ4v) is 1.68. The topological polar surface area (TPSA) is 52.1 Å². The second-order valence-corrected chi connectivity index (χ2v) is 3.76. The third-order valence-corrected chi connectivity index (χ3v) is 2.63. The summed E-state index contributed by atoms with van der Waals surface area (Å²) in [4.78, 5) is 18.7. The van der Waals surface area contributed by atoms with Crippen LogP contribution in [0, 0.1) is 5.82 Å². The van der Waals surface area contributed by atoms with Crippen molar-refractivity contribution in [3.8, 4) is 11.3 Å². The first kappa shape index (κ1) is 12.4. The minimum absolute atomic E-state index is 0.0315. The SMILES string of the molecule is COC(=O)c1ncnc(-c2ccccc2Cl)c1F. The van der Waals surface area contributed by atoms with Crippen molar-refractivity contribution in [1.29, 1.82) is 0 Å². The average Bonchev–Trinajstić information content (AvgIpc) is 2.39. The summed E-state index contributed by atoms with van der Waals surface area (Å²) in [5.41, 5.74) is -0.0531. The maximum absolute atomic E-state index is 14.1. The van der Waals surface area contributed by atoms with Crippen molar-refractivity contribution in [2.45, 2.75) is 0 Å². The predicted molar refractivity (Wildman–Crippen MR) is 63.8 cm³/mol. The number of hydrogen-bond acceptors (Lipinski definition) is 4. The summed E-state index contributed by atoms with van der Waals surface area (Å²) >= 11 is 5.95. The molecule has 92 valence electrons. The van der Waals surface area contributed by atoms with Crippen molar-refractivity contribution in [3.63, 3.8) is 0 Å². The zero-order valence-corrected chi connectivity index (χ0v) is 10.1. The molecule has 0 saturated carbocycles. The summed E-state index contributed by atoms with van der Waals surface area (Å²) < 4.78 is 18.5. The molecule has 18 heavy (non-hydrogen) atoms. The quantitative estimate of drug-likeness (QED) is 0.784. The third-order valence-electron chi connectivity index (χ3n) is 2.30. The number of carbonyl (C=O) groups excluding carboxylic acids is 1. The summed E-state index contributed by atoms with van der Waals surface area (Å²) in [6.07, 6.45) is 1.09. The molecule has 0 N–H and O–H groups in total. The molecule has 1 aromatic heterocycles. The maximum Gasteiger partial charge on any atom is 0.359 e. The van der Waals surface area contributed by atoms with Gasteiger partial charge < -0.3 is 4.74 Å². The van der Waals surface area contributed by atoms with Crippen LogP contribution < -0.4 is 0 Å². The molecule has 2 aromatic rings. The maximum atomic E-state index is 14.1. The molecule has 4 nitrogen and oxygen atoms in total. The lowest BCUT2D eigenvalue weighted by Crippen LogP contribution is -2.09. The van der Waals surface area contributed by atoms with E-state index in [0.29, 0.717) is 10.6 Å². The Balaban J connectivity index is 2.60. The lowest BCUT2D eigenvalue weighted by atomic mass is 10.1. The van der Waals surface area contributed by atoms with E-state index in [9.17, 15) is 9.18 Å². The van der Waals surface area contributed by atoms with E-state index in [1.807, 2.05) is 0 Å². The molecule has 0 saturated heterocycles. The monoisotopic (exact) mass is 266 g/mol. The molecular formula is C12H8ClFN2O2. The van der Waals surface area contributed by atoms with Crippen LogP contribution in [0.1, 0.15) is 10.5 Å². The van der Waals surface area contributed by atoms with E-state index in [4.69, 9.17) is 11.6 Å². The van der Waals surface area contributed by atoms with Crippen LogP contribution in [0.5, 0.6) is 0 Å². The summed E-state index contributed by atoms with van der Waals surface area (Å²) in [5, 5.41) is 0.339. The minimum atomic E-state index is -0.858. The van der Waals surface area contributed by atoms with Crippen LogP contribution in [-0.2, 0) is 4.74 Å². The van der Waals surface area contributed by atoms with Crippen molar-refractivity contribution < 1.29 is 13.9 Å². The van der Waals surface area contributed by atoms with E-state index < -0.39 is 17.5 Å². The lowest BCUT2D eigenvalue weighted by molar-refractivity contribution is 0.0588. The molecule has 0 aliphatic carbocycles. The van der Waals surface area contributed by atoms with E-state index in [-0.39, 0.29) is 5.69 Å². The Labute approximate surface area is 107 Å². The van der Waals surface area contributed by atoms with Crippen LogP contribution in [-0.4, -0.2) is 23.0 Å². The molecule has 0 atom stereocenters. The van der Waals surface area contributed by atoms with Gasteiger partial charge in [0.1, 0.15) is 12.0 Å². The molecule has 0 amide bonds. The van der Waals surface area contributed by atoms with Crippen LogP contribution in [0.2, 0.25) is 5.02 Å². The molecule has 0 spiro atoms. The highest BCUT2D eigenvalue weighted by atomic mass is 35.5. The van der Waals surface area contributed by atoms with E-state index in [1.165, 1.54) is 0 Å². The number of methoxy groups -OCH3 is 1. The molecule has 0 aliphatic heterocycles. The number of rotatable bonds is 2. The van der Waals surface area contributed by atoms with E-state index >= 15 is 0 Å². The molecular weight excluding hydrogens is 259 g/mol. The highest BCUT2D eigenvalue weighted by Gasteiger charge is 2.20. The smallest absolute Gasteiger partial charge is 0.359 e. The number of nitrogens with zero attached hydrogens (tertiary/aromatic N) is 2. The van der Waals surface area contributed by atoms with Gasteiger partial charge in [0.15, 0.2) is 11.5 Å². The zero-order valence-electron chi connectivity index (χ0n) is 9.35. The van der Waals surface area contributed by atoms with Gasteiger partial charge >= 0.3 is 5.97 Å². The van der Waals surface area contributed by atoms with Gasteiger partial charge in [-0.05, 0) is 6.07 Å². The second-order valence-electron chi connectivity index (χ2n) is 3.36. The van der Waals surface area contributed by atoms with Crippen LogP contribution in [0.3, 0.4) is 0 Å². The van der Waals surface area contributed by atoms with Crippen LogP contribution in [0.4, 0.5) is 4.39 Å². The van der Waals surface area contributed by atoms with Gasteiger partial charge in [0.25, 0.3) is 0 Å². The molecule has 1 heterocycles. The normalized spacial score (nSPS) is 10.2. The van der Waals surface area contributed by atoms with Gasteiger partial charge in [0.2, 0.25) is 0 Å². The Morgan fingerprint density at radius 2 is 2.06 bits per heavy atom. The number of benzene rings is 1. The average molecular weight is 267 g/mol. The van der Waals surface area contributed by atoms with Crippen LogP contribution in [0.15, 0.2) is 30.6 Å². The number of ether oxygens (including phenoxy) is 1. The zero-order chi connectivity index (χ0) is 13.1. The summed E-state index contributed by atoms with van der Waals surface area (Å²) in [5.74, 6) is -1.71. The first-order valence-corrected chi connectivity index (χ1v) is 5.36. The van der Waals surface area contributed by atoms with Crippen molar-refractivity contribution in [2.24, 2.45) is 0 Å². The van der Waals surface area contributed by atoms with Crippen LogP contribution >= 0.6 is 11.6 Å². The molecule has 6 heteroatoms. The Hall–Kier alpha value is -2.01. The number of aromatic nitrogens is 2. The number of hydrogen-bond donors (Lipinski definition) is 0. The van der Waals surface area contributed by atoms with Gasteiger partial charge in [-0.15, -0.1) is 0 Å². The molecule has 0 radical (unpaired) electrons. The van der Waals surface area contributed by atoms with Gasteiger partial charge in [0, 0.05) is 5.56 Å². The molecule has 1 aromatic carbocycles. The number of esters is 1. The van der Waals surface area contributed by atoms with Gasteiger partial charge in [-0.1, -0.05) is 29.8 Å². The van der Waals surface area contributed by atoms with Gasteiger partial charge in [0.05, 0.1) is 12.1 Å². The lowest BCUT2D eigenvalue weighted by Gasteiger charge is -2.06. The van der Waals surface area contributed by atoms with E-state index in [2.05, 4.69) is 14.7 Å². The Morgan fingerprint density at radius 3 is 2.72 bits per heavy atom. The Kier molecular flexibility index (Phi) is 3.53. The van der Waals surface area contributed by atoms with Gasteiger partial charge in [-0.3, -0.25) is 0 Å². The van der Waals surface area contributed by atoms with Gasteiger partial charge in [-0.25, -0.2) is 19.2 Å². The first-order valence-electron chi connectivity index (χ1n) is 4.99. The van der Waals surface area contributed by atoms with Crippen LogP contribution in [0.25, 0.3) is 11.3 Å². The summed E-state index contributed by atoms with van der Waals surface area (Å²) in [6, 6.07) is 6.62. The van der Waals surface area contributed by atoms with E-state index in [1.54, 1.807) is 24.3 Å². The largest absolute Gasteiger partial charge is 0.464 e. The second kappa shape index (κ2) is 5.10. The molecule has 0 bridgehead atoms. The number of halogens is 2. The fraction of sp³-hybridized carbons (Fsp3) is 0.0833. The standard InChI is InChI=1S/C12H8ClFN2O2/c1-18-12(17)11-9(14)10(15-6-16-11)7-4-2-3-5-8(7)13/h2-6H,1H3. The Morgan fingerprint density at radius 1 is 1.33 bits per heavy atom. The van der Waals surface area contributed by atoms with Crippen molar-refractivity contribution in [3.05, 3.63) is 47.1 Å². The summed E-state index contributed by atoms with van der Waals surface area (Å²) in [7, 11) is 1.15. The minimum Gasteiger partial charge on any atom is -0.464 e. The highest BCUT2D eigenvalue weighted by molar-refractivity contribution is 6.33. The fourth-order valence-electron chi connectivity index (χ4n) is 1.45. The third kappa shape index (κ3) is 2.17. The van der Waals surface area contributed by atoms with Crippen molar-refractivity contribution in [2.75, 3.05) is 7.11 Å². The number of carbonyl (C=O) groups is 1. The molecule has 2 rings (SSSR count). The van der Waals surface area contributed by atoms with Crippen molar-refractivity contribution >= 4 is 17.6 Å². The first-order chi connectivity index (χ1) is 8.65. The van der Waals surface area contributed by atoms with E-state index in [0.717, 1.165) is 13.4 Å². The predicted octanol–water partition coefficient (Wildman–Crippen LogP) is 2.72. The molecule has 0 fully saturated rings. The summed E-state index contributed by atoms with van der Waals surface area (Å²) in [6.45, 7) is 0.